The van der Waals surface area contributed by atoms with Crippen molar-refractivity contribution in [1.29, 1.82) is 0 Å². The van der Waals surface area contributed by atoms with Crippen LogP contribution in [0.3, 0.4) is 0 Å². The molecule has 4 nitrogen and oxygen atoms in total. The van der Waals surface area contributed by atoms with Gasteiger partial charge in [0.15, 0.2) is 0 Å². The van der Waals surface area contributed by atoms with Gasteiger partial charge in [-0.25, -0.2) is 0 Å². The van der Waals surface area contributed by atoms with Crippen molar-refractivity contribution in [2.75, 3.05) is 19.6 Å². The van der Waals surface area contributed by atoms with Crippen LogP contribution in [0.4, 0.5) is 0 Å². The number of rotatable bonds is 6. The molecule has 0 spiro atoms. The van der Waals surface area contributed by atoms with E-state index in [0.717, 1.165) is 44.7 Å². The number of carboxylic acid groups (broad SMARTS) is 1. The third-order valence-electron chi connectivity index (χ3n) is 4.68. The standard InChI is InChI=1S/C14H24N2O2/c1-10-6-7-16(8-10)9-14(13(17)18,11-2-3-11)15-12-4-5-12/h10-12,15H,2-9H2,1H3,(H,17,18). The van der Waals surface area contributed by atoms with E-state index in [0.29, 0.717) is 18.5 Å². The highest BCUT2D eigenvalue weighted by atomic mass is 16.4. The van der Waals surface area contributed by atoms with E-state index in [2.05, 4.69) is 17.1 Å². The fourth-order valence-electron chi connectivity index (χ4n) is 3.29. The molecule has 1 heterocycles. The number of likely N-dealkylation sites (tertiary alicyclic amines) is 1. The van der Waals surface area contributed by atoms with E-state index in [1.165, 1.54) is 6.42 Å². The van der Waals surface area contributed by atoms with E-state index in [1.54, 1.807) is 0 Å². The Bertz CT molecular complexity index is 339. The second-order valence-corrected chi connectivity index (χ2v) is 6.60. The van der Waals surface area contributed by atoms with Crippen LogP contribution >= 0.6 is 0 Å². The summed E-state index contributed by atoms with van der Waals surface area (Å²) in [5.74, 6) is 0.444. The predicted octanol–water partition coefficient (Wildman–Crippen LogP) is 1.31. The molecular weight excluding hydrogens is 228 g/mol. The van der Waals surface area contributed by atoms with Gasteiger partial charge in [-0.2, -0.15) is 0 Å². The van der Waals surface area contributed by atoms with Gasteiger partial charge in [-0.3, -0.25) is 10.1 Å². The zero-order valence-corrected chi connectivity index (χ0v) is 11.2. The molecule has 0 aromatic rings. The summed E-state index contributed by atoms with van der Waals surface area (Å²) in [6, 6.07) is 0.460. The van der Waals surface area contributed by atoms with E-state index in [1.807, 2.05) is 0 Å². The van der Waals surface area contributed by atoms with Gasteiger partial charge < -0.3 is 10.0 Å². The molecule has 102 valence electrons. The molecule has 2 atom stereocenters. The molecule has 0 amide bonds. The lowest BCUT2D eigenvalue weighted by molar-refractivity contribution is -0.147. The van der Waals surface area contributed by atoms with Gasteiger partial charge in [0, 0.05) is 19.1 Å². The molecule has 2 aliphatic carbocycles. The van der Waals surface area contributed by atoms with Gasteiger partial charge in [0.1, 0.15) is 5.54 Å². The normalized spacial score (nSPS) is 32.4. The molecule has 3 fully saturated rings. The largest absolute Gasteiger partial charge is 0.480 e. The summed E-state index contributed by atoms with van der Waals surface area (Å²) in [6.07, 6.45) is 5.67. The van der Waals surface area contributed by atoms with Crippen LogP contribution < -0.4 is 5.32 Å². The van der Waals surface area contributed by atoms with E-state index in [9.17, 15) is 9.90 Å². The van der Waals surface area contributed by atoms with Crippen LogP contribution in [-0.4, -0.2) is 47.2 Å². The first-order chi connectivity index (χ1) is 8.60. The first kappa shape index (κ1) is 12.4. The first-order valence-electron chi connectivity index (χ1n) is 7.33. The Morgan fingerprint density at radius 3 is 2.50 bits per heavy atom. The van der Waals surface area contributed by atoms with Crippen molar-refractivity contribution in [3.05, 3.63) is 0 Å². The van der Waals surface area contributed by atoms with Gasteiger partial charge >= 0.3 is 5.97 Å². The summed E-state index contributed by atoms with van der Waals surface area (Å²) in [5.41, 5.74) is -0.661. The van der Waals surface area contributed by atoms with Crippen LogP contribution in [-0.2, 0) is 4.79 Å². The van der Waals surface area contributed by atoms with Gasteiger partial charge in [-0.05, 0) is 50.5 Å². The minimum absolute atomic E-state index is 0.353. The highest BCUT2D eigenvalue weighted by molar-refractivity contribution is 5.80. The summed E-state index contributed by atoms with van der Waals surface area (Å²) in [4.78, 5) is 14.2. The molecule has 3 rings (SSSR count). The summed E-state index contributed by atoms with van der Waals surface area (Å²) in [5, 5.41) is 13.2. The van der Waals surface area contributed by atoms with Gasteiger partial charge in [0.25, 0.3) is 0 Å². The van der Waals surface area contributed by atoms with Crippen LogP contribution in [0, 0.1) is 11.8 Å². The van der Waals surface area contributed by atoms with Crippen molar-refractivity contribution in [3.63, 3.8) is 0 Å². The maximum absolute atomic E-state index is 11.8. The third-order valence-corrected chi connectivity index (χ3v) is 4.68. The van der Waals surface area contributed by atoms with Crippen molar-refractivity contribution in [2.24, 2.45) is 11.8 Å². The zero-order valence-electron chi connectivity index (χ0n) is 11.2. The summed E-state index contributed by atoms with van der Waals surface area (Å²) in [7, 11) is 0. The van der Waals surface area contributed by atoms with Gasteiger partial charge in [-0.15, -0.1) is 0 Å². The SMILES string of the molecule is CC1CCN(CC(NC2CC2)(C(=O)O)C2CC2)C1. The maximum Gasteiger partial charge on any atom is 0.325 e. The second kappa shape index (κ2) is 4.49. The number of carbonyl (C=O) groups is 1. The van der Waals surface area contributed by atoms with Crippen LogP contribution in [0.25, 0.3) is 0 Å². The summed E-state index contributed by atoms with van der Waals surface area (Å²) < 4.78 is 0. The predicted molar refractivity (Wildman–Crippen MR) is 69.5 cm³/mol. The highest BCUT2D eigenvalue weighted by Crippen LogP contribution is 2.42. The lowest BCUT2D eigenvalue weighted by atomic mass is 9.92. The number of hydrogen-bond acceptors (Lipinski definition) is 3. The molecule has 4 heteroatoms. The molecule has 1 saturated heterocycles. The Hall–Kier alpha value is -0.610. The molecular formula is C14H24N2O2. The van der Waals surface area contributed by atoms with Gasteiger partial charge in [0.2, 0.25) is 0 Å². The molecule has 2 unspecified atom stereocenters. The summed E-state index contributed by atoms with van der Waals surface area (Å²) in [6.45, 7) is 5.09. The first-order valence-corrected chi connectivity index (χ1v) is 7.33. The Morgan fingerprint density at radius 2 is 2.06 bits per heavy atom. The van der Waals surface area contributed by atoms with Gasteiger partial charge in [0.05, 0.1) is 0 Å². The lowest BCUT2D eigenvalue weighted by Crippen LogP contribution is -2.61. The smallest absolute Gasteiger partial charge is 0.325 e. The fraction of sp³-hybridized carbons (Fsp3) is 0.929. The minimum Gasteiger partial charge on any atom is -0.480 e. The van der Waals surface area contributed by atoms with E-state index >= 15 is 0 Å². The Labute approximate surface area is 109 Å². The number of nitrogens with one attached hydrogen (secondary N) is 1. The van der Waals surface area contributed by atoms with Crippen molar-refractivity contribution in [1.82, 2.24) is 10.2 Å². The molecule has 0 aromatic carbocycles. The fourth-order valence-corrected chi connectivity index (χ4v) is 3.29. The lowest BCUT2D eigenvalue weighted by Gasteiger charge is -2.35. The molecule has 1 aliphatic heterocycles. The van der Waals surface area contributed by atoms with Crippen LogP contribution in [0.5, 0.6) is 0 Å². The topological polar surface area (TPSA) is 52.6 Å². The average Bonchev–Trinajstić information content (AvgIpc) is 3.19. The zero-order chi connectivity index (χ0) is 12.8. The molecule has 3 aliphatic rings. The molecule has 0 aromatic heterocycles. The second-order valence-electron chi connectivity index (χ2n) is 6.60. The number of nitrogens with zero attached hydrogens (tertiary/aromatic N) is 1. The average molecular weight is 252 g/mol. The van der Waals surface area contributed by atoms with Crippen LogP contribution in [0.1, 0.15) is 39.0 Å². The highest BCUT2D eigenvalue weighted by Gasteiger charge is 2.54. The van der Waals surface area contributed by atoms with Crippen LogP contribution in [0.2, 0.25) is 0 Å². The van der Waals surface area contributed by atoms with Crippen LogP contribution in [0.15, 0.2) is 0 Å². The Morgan fingerprint density at radius 1 is 1.33 bits per heavy atom. The van der Waals surface area contributed by atoms with Crippen molar-refractivity contribution in [2.45, 2.75) is 50.6 Å². The Kier molecular flexibility index (Phi) is 3.10. The summed E-state index contributed by atoms with van der Waals surface area (Å²) >= 11 is 0. The third kappa shape index (κ3) is 2.41. The molecule has 2 N–H and O–H groups in total. The van der Waals surface area contributed by atoms with Crippen molar-refractivity contribution < 1.29 is 9.90 Å². The van der Waals surface area contributed by atoms with E-state index in [4.69, 9.17) is 0 Å². The Balaban J connectivity index is 1.72. The van der Waals surface area contributed by atoms with Gasteiger partial charge in [-0.1, -0.05) is 6.92 Å². The van der Waals surface area contributed by atoms with Crippen molar-refractivity contribution >= 4 is 5.97 Å². The molecule has 2 saturated carbocycles. The molecule has 0 bridgehead atoms. The monoisotopic (exact) mass is 252 g/mol. The molecule has 18 heavy (non-hydrogen) atoms. The maximum atomic E-state index is 11.8. The number of aliphatic carboxylic acids is 1. The number of carboxylic acids is 1. The number of hydrogen-bond donors (Lipinski definition) is 2. The molecule has 0 radical (unpaired) electrons. The van der Waals surface area contributed by atoms with Crippen molar-refractivity contribution in [3.8, 4) is 0 Å². The quantitative estimate of drug-likeness (QED) is 0.748. The van der Waals surface area contributed by atoms with E-state index < -0.39 is 11.5 Å². The van der Waals surface area contributed by atoms with E-state index in [-0.39, 0.29) is 0 Å². The minimum atomic E-state index is -0.661.